The van der Waals surface area contributed by atoms with Gasteiger partial charge in [0.25, 0.3) is 5.91 Å². The van der Waals surface area contributed by atoms with E-state index in [-0.39, 0.29) is 11.7 Å². The first kappa shape index (κ1) is 23.3. The minimum atomic E-state index is -0.606. The number of carbonyl (C=O) groups is 2. The van der Waals surface area contributed by atoms with Gasteiger partial charge in [0, 0.05) is 36.8 Å². The molecule has 3 aromatic heterocycles. The van der Waals surface area contributed by atoms with Crippen LogP contribution < -0.4 is 15.0 Å². The fourth-order valence-electron chi connectivity index (χ4n) is 4.08. The Morgan fingerprint density at radius 3 is 2.58 bits per heavy atom. The summed E-state index contributed by atoms with van der Waals surface area (Å²) in [6.07, 6.45) is 6.59. The average molecular weight is 490 g/mol. The normalized spacial score (nSPS) is 12.9. The highest BCUT2D eigenvalue weighted by molar-refractivity contribution is 6.06. The second-order valence-electron chi connectivity index (χ2n) is 8.53. The second-order valence-corrected chi connectivity index (χ2v) is 8.53. The first-order valence-corrected chi connectivity index (χ1v) is 11.3. The molecule has 1 aromatic carbocycles. The van der Waals surface area contributed by atoms with Crippen molar-refractivity contribution in [2.45, 2.75) is 18.8 Å². The molecular weight excluding hydrogens is 465 g/mol. The highest BCUT2D eigenvalue weighted by atomic mass is 19.1. The third-order valence-electron chi connectivity index (χ3n) is 6.20. The lowest BCUT2D eigenvalue weighted by Crippen LogP contribution is -2.26. The summed E-state index contributed by atoms with van der Waals surface area (Å²) in [5, 5.41) is 2.52. The number of imidazole rings is 1. The smallest absolute Gasteiger partial charge is 0.412 e. The van der Waals surface area contributed by atoms with Gasteiger partial charge in [0.1, 0.15) is 11.5 Å². The van der Waals surface area contributed by atoms with Gasteiger partial charge in [0.15, 0.2) is 11.6 Å². The van der Waals surface area contributed by atoms with E-state index in [2.05, 4.69) is 20.0 Å². The van der Waals surface area contributed by atoms with E-state index in [1.54, 1.807) is 31.7 Å². The lowest BCUT2D eigenvalue weighted by Gasteiger charge is -2.19. The van der Waals surface area contributed by atoms with Crippen LogP contribution in [-0.2, 0) is 4.74 Å². The van der Waals surface area contributed by atoms with Gasteiger partial charge in [-0.15, -0.1) is 0 Å². The summed E-state index contributed by atoms with van der Waals surface area (Å²) >= 11 is 0. The highest BCUT2D eigenvalue weighted by Crippen LogP contribution is 2.43. The van der Waals surface area contributed by atoms with Crippen LogP contribution in [0.25, 0.3) is 16.9 Å². The van der Waals surface area contributed by atoms with Gasteiger partial charge in [0.2, 0.25) is 0 Å². The predicted octanol–water partition coefficient (Wildman–Crippen LogP) is 4.88. The van der Waals surface area contributed by atoms with Gasteiger partial charge >= 0.3 is 6.09 Å². The van der Waals surface area contributed by atoms with Crippen LogP contribution in [0.15, 0.2) is 55.0 Å². The van der Waals surface area contributed by atoms with Crippen molar-refractivity contribution >= 4 is 29.2 Å². The number of nitrogens with zero attached hydrogens (tertiary/aromatic N) is 4. The van der Waals surface area contributed by atoms with Crippen LogP contribution >= 0.6 is 0 Å². The number of nitrogens with one attached hydrogen (secondary N) is 1. The first-order valence-electron chi connectivity index (χ1n) is 11.3. The summed E-state index contributed by atoms with van der Waals surface area (Å²) in [6.45, 7) is 0. The Morgan fingerprint density at radius 1 is 1.11 bits per heavy atom. The Labute approximate surface area is 206 Å². The number of ether oxygens (including phenoxy) is 2. The van der Waals surface area contributed by atoms with Gasteiger partial charge in [-0.1, -0.05) is 0 Å². The van der Waals surface area contributed by atoms with Gasteiger partial charge in [0.05, 0.1) is 31.7 Å². The molecule has 1 aliphatic rings. The quantitative estimate of drug-likeness (QED) is 0.415. The summed E-state index contributed by atoms with van der Waals surface area (Å²) < 4.78 is 25.4. The molecule has 10 heteroatoms. The number of halogens is 1. The van der Waals surface area contributed by atoms with E-state index in [1.165, 1.54) is 37.3 Å². The van der Waals surface area contributed by atoms with Crippen molar-refractivity contribution in [3.63, 3.8) is 0 Å². The number of amides is 2. The van der Waals surface area contributed by atoms with Gasteiger partial charge in [-0.05, 0) is 54.7 Å². The molecule has 1 aliphatic carbocycles. The monoisotopic (exact) mass is 489 g/mol. The molecule has 0 unspecified atom stereocenters. The molecule has 1 N–H and O–H groups in total. The van der Waals surface area contributed by atoms with Crippen LogP contribution in [0.3, 0.4) is 0 Å². The number of benzene rings is 1. The zero-order valence-electron chi connectivity index (χ0n) is 20.0. The van der Waals surface area contributed by atoms with Gasteiger partial charge in [-0.2, -0.15) is 0 Å². The lowest BCUT2D eigenvalue weighted by molar-refractivity contribution is 0.0992. The molecule has 1 fully saturated rings. The van der Waals surface area contributed by atoms with Gasteiger partial charge < -0.3 is 14.4 Å². The molecule has 3 heterocycles. The largest absolute Gasteiger partial charge is 0.494 e. The van der Waals surface area contributed by atoms with E-state index >= 15 is 0 Å². The number of hydrogen-bond acceptors (Lipinski definition) is 6. The Kier molecular flexibility index (Phi) is 6.01. The van der Waals surface area contributed by atoms with E-state index < -0.39 is 11.9 Å². The number of carbonyl (C=O) groups excluding carboxylic acids is 2. The van der Waals surface area contributed by atoms with Gasteiger partial charge in [-0.3, -0.25) is 14.5 Å². The zero-order chi connectivity index (χ0) is 25.4. The molecule has 36 heavy (non-hydrogen) atoms. The minimum Gasteiger partial charge on any atom is -0.494 e. The molecule has 4 aromatic rings. The highest BCUT2D eigenvalue weighted by Gasteiger charge is 2.29. The van der Waals surface area contributed by atoms with Crippen molar-refractivity contribution in [2.24, 2.45) is 0 Å². The Balaban J connectivity index is 1.53. The topological polar surface area (TPSA) is 98.1 Å². The number of aromatic nitrogens is 3. The van der Waals surface area contributed by atoms with E-state index in [1.807, 2.05) is 16.5 Å². The number of methoxy groups -OCH3 is 2. The number of anilines is 2. The number of pyridine rings is 2. The molecule has 0 spiro atoms. The Morgan fingerprint density at radius 2 is 1.92 bits per heavy atom. The fraction of sp³-hybridized carbons (Fsp3) is 0.231. The molecule has 5 rings (SSSR count). The molecule has 2 amide bonds. The molecule has 184 valence electrons. The van der Waals surface area contributed by atoms with Gasteiger partial charge in [-0.25, -0.2) is 19.2 Å². The molecule has 0 bridgehead atoms. The maximum absolute atomic E-state index is 13.9. The van der Waals surface area contributed by atoms with E-state index in [9.17, 15) is 14.0 Å². The summed E-state index contributed by atoms with van der Waals surface area (Å²) in [4.78, 5) is 35.3. The standard InChI is InChI=1S/C26H24FN5O4/c1-31(18-7-8-20(27)22(11-18)35-2)25(33)17-10-19(15-4-5-15)24-29-13-21(32(24)14-17)16-6-9-23(28-12-16)30-26(34)36-3/h6-15H,4-5H2,1-3H3,(H,28,30,34). The number of hydrogen-bond donors (Lipinski definition) is 1. The molecule has 0 aliphatic heterocycles. The predicted molar refractivity (Wildman–Crippen MR) is 132 cm³/mol. The summed E-state index contributed by atoms with van der Waals surface area (Å²) in [5.41, 5.74) is 4.30. The number of rotatable bonds is 6. The minimum absolute atomic E-state index is 0.0656. The summed E-state index contributed by atoms with van der Waals surface area (Å²) in [7, 11) is 4.30. The molecule has 9 nitrogen and oxygen atoms in total. The first-order chi connectivity index (χ1) is 17.4. The van der Waals surface area contributed by atoms with Crippen LogP contribution in [0, 0.1) is 5.82 Å². The van der Waals surface area contributed by atoms with E-state index in [0.29, 0.717) is 23.0 Å². The molecule has 1 saturated carbocycles. The van der Waals surface area contributed by atoms with Crippen molar-refractivity contribution < 1.29 is 23.5 Å². The third kappa shape index (κ3) is 4.33. The molecule has 0 saturated heterocycles. The van der Waals surface area contributed by atoms with Crippen molar-refractivity contribution in [1.82, 2.24) is 14.4 Å². The van der Waals surface area contributed by atoms with Crippen LogP contribution in [0.2, 0.25) is 0 Å². The molecule has 0 atom stereocenters. The molecular formula is C26H24FN5O4. The third-order valence-corrected chi connectivity index (χ3v) is 6.20. The van der Waals surface area contributed by atoms with Crippen molar-refractivity contribution in [3.8, 4) is 17.0 Å². The van der Waals surface area contributed by atoms with Crippen LogP contribution in [0.4, 0.5) is 20.7 Å². The summed E-state index contributed by atoms with van der Waals surface area (Å²) in [6, 6.07) is 9.67. The number of fused-ring (bicyclic) bond motifs is 1. The van der Waals surface area contributed by atoms with Crippen molar-refractivity contribution in [2.75, 3.05) is 31.5 Å². The van der Waals surface area contributed by atoms with E-state index in [4.69, 9.17) is 4.74 Å². The average Bonchev–Trinajstić information content (AvgIpc) is 3.66. The van der Waals surface area contributed by atoms with Crippen molar-refractivity contribution in [3.05, 3.63) is 71.9 Å². The second kappa shape index (κ2) is 9.29. The maximum Gasteiger partial charge on any atom is 0.412 e. The fourth-order valence-corrected chi connectivity index (χ4v) is 4.08. The SMILES string of the molecule is COC(=O)Nc1ccc(-c2cnc3c(C4CC4)cc(C(=O)N(C)c4ccc(F)c(OC)c4)cn23)cn1. The Hall–Kier alpha value is -4.47. The van der Waals surface area contributed by atoms with Crippen LogP contribution in [0.1, 0.15) is 34.7 Å². The van der Waals surface area contributed by atoms with Crippen LogP contribution in [0.5, 0.6) is 5.75 Å². The maximum atomic E-state index is 13.9. The summed E-state index contributed by atoms with van der Waals surface area (Å²) in [5.74, 6) is 0.0180. The van der Waals surface area contributed by atoms with Crippen LogP contribution in [-0.4, -0.2) is 47.6 Å². The zero-order valence-corrected chi connectivity index (χ0v) is 20.0. The van der Waals surface area contributed by atoms with E-state index in [0.717, 1.165) is 35.3 Å². The lowest BCUT2D eigenvalue weighted by atomic mass is 10.1. The molecule has 0 radical (unpaired) electrons. The van der Waals surface area contributed by atoms with Crippen molar-refractivity contribution in [1.29, 1.82) is 0 Å². The Bertz CT molecular complexity index is 1460.